The van der Waals surface area contributed by atoms with Gasteiger partial charge in [0.2, 0.25) is 11.8 Å². The van der Waals surface area contributed by atoms with Gasteiger partial charge in [0.25, 0.3) is 0 Å². The Hall–Kier alpha value is -3.01. The summed E-state index contributed by atoms with van der Waals surface area (Å²) in [6.45, 7) is 4.03. The molecule has 118 valence electrons. The summed E-state index contributed by atoms with van der Waals surface area (Å²) in [6.07, 6.45) is 0. The number of aryl methyl sites for hydroxylation is 1. The van der Waals surface area contributed by atoms with Gasteiger partial charge in [-0.25, -0.2) is 0 Å². The maximum atomic E-state index is 5.95. The lowest BCUT2D eigenvalue weighted by Crippen LogP contribution is -1.95. The third-order valence-corrected chi connectivity index (χ3v) is 4.26. The SMILES string of the molecule is Cc1nc2ccccc2cc1-c1nnc(C(C)c2ccccc2)o1. The summed E-state index contributed by atoms with van der Waals surface area (Å²) in [7, 11) is 0. The Balaban J connectivity index is 1.74. The lowest BCUT2D eigenvalue weighted by atomic mass is 10.0. The van der Waals surface area contributed by atoms with Crippen LogP contribution in [0.3, 0.4) is 0 Å². The van der Waals surface area contributed by atoms with Crippen molar-refractivity contribution in [2.45, 2.75) is 19.8 Å². The fourth-order valence-corrected chi connectivity index (χ4v) is 2.83. The summed E-state index contributed by atoms with van der Waals surface area (Å²) < 4.78 is 5.95. The first-order valence-electron chi connectivity index (χ1n) is 7.97. The Bertz CT molecular complexity index is 992. The largest absolute Gasteiger partial charge is 0.420 e. The van der Waals surface area contributed by atoms with Crippen molar-refractivity contribution < 1.29 is 4.42 Å². The van der Waals surface area contributed by atoms with Gasteiger partial charge >= 0.3 is 0 Å². The lowest BCUT2D eigenvalue weighted by molar-refractivity contribution is 0.490. The number of fused-ring (bicyclic) bond motifs is 1. The molecule has 2 aromatic heterocycles. The molecule has 2 aromatic carbocycles. The van der Waals surface area contributed by atoms with E-state index < -0.39 is 0 Å². The van der Waals surface area contributed by atoms with Crippen LogP contribution in [0, 0.1) is 6.92 Å². The molecule has 0 aliphatic rings. The van der Waals surface area contributed by atoms with Crippen LogP contribution in [0.25, 0.3) is 22.4 Å². The van der Waals surface area contributed by atoms with Crippen molar-refractivity contribution >= 4 is 10.9 Å². The van der Waals surface area contributed by atoms with Gasteiger partial charge in [0, 0.05) is 5.39 Å². The van der Waals surface area contributed by atoms with Gasteiger partial charge < -0.3 is 4.42 Å². The van der Waals surface area contributed by atoms with E-state index in [1.165, 1.54) is 0 Å². The molecular formula is C20H17N3O. The molecule has 0 bridgehead atoms. The van der Waals surface area contributed by atoms with E-state index >= 15 is 0 Å². The van der Waals surface area contributed by atoms with E-state index in [9.17, 15) is 0 Å². The predicted molar refractivity (Wildman–Crippen MR) is 93.7 cm³/mol. The molecule has 0 saturated carbocycles. The second kappa shape index (κ2) is 5.89. The molecule has 0 saturated heterocycles. The summed E-state index contributed by atoms with van der Waals surface area (Å²) in [6, 6.07) is 20.2. The van der Waals surface area contributed by atoms with E-state index in [1.807, 2.05) is 49.4 Å². The Labute approximate surface area is 140 Å². The van der Waals surface area contributed by atoms with E-state index in [0.717, 1.165) is 27.7 Å². The van der Waals surface area contributed by atoms with Crippen LogP contribution in [0.15, 0.2) is 65.1 Å². The summed E-state index contributed by atoms with van der Waals surface area (Å²) in [4.78, 5) is 4.64. The highest BCUT2D eigenvalue weighted by atomic mass is 16.4. The van der Waals surface area contributed by atoms with Crippen molar-refractivity contribution in [1.29, 1.82) is 0 Å². The number of aromatic nitrogens is 3. The van der Waals surface area contributed by atoms with E-state index in [0.29, 0.717) is 11.8 Å². The predicted octanol–water partition coefficient (Wildman–Crippen LogP) is 4.75. The van der Waals surface area contributed by atoms with Crippen LogP contribution in [-0.2, 0) is 0 Å². The first-order valence-corrected chi connectivity index (χ1v) is 7.97. The Morgan fingerprint density at radius 1 is 0.917 bits per heavy atom. The smallest absolute Gasteiger partial charge is 0.249 e. The van der Waals surface area contributed by atoms with E-state index in [1.54, 1.807) is 0 Å². The highest BCUT2D eigenvalue weighted by molar-refractivity contribution is 5.83. The number of rotatable bonds is 3. The van der Waals surface area contributed by atoms with Crippen molar-refractivity contribution in [3.05, 3.63) is 77.8 Å². The third-order valence-electron chi connectivity index (χ3n) is 4.26. The van der Waals surface area contributed by atoms with E-state index in [-0.39, 0.29) is 5.92 Å². The molecular weight excluding hydrogens is 298 g/mol. The molecule has 0 fully saturated rings. The van der Waals surface area contributed by atoms with Gasteiger partial charge in [-0.05, 0) is 31.5 Å². The average molecular weight is 315 g/mol. The molecule has 24 heavy (non-hydrogen) atoms. The monoisotopic (exact) mass is 315 g/mol. The minimum atomic E-state index is 0.0566. The van der Waals surface area contributed by atoms with Crippen LogP contribution in [0.1, 0.15) is 30.0 Å². The zero-order valence-corrected chi connectivity index (χ0v) is 13.6. The Morgan fingerprint density at radius 3 is 2.50 bits per heavy atom. The van der Waals surface area contributed by atoms with Crippen LogP contribution >= 0.6 is 0 Å². The number of pyridine rings is 1. The molecule has 0 N–H and O–H groups in total. The topological polar surface area (TPSA) is 51.8 Å². The van der Waals surface area contributed by atoms with Gasteiger partial charge in [0.1, 0.15) is 0 Å². The van der Waals surface area contributed by atoms with Crippen LogP contribution < -0.4 is 0 Å². The van der Waals surface area contributed by atoms with Crippen LogP contribution in [0.4, 0.5) is 0 Å². The quantitative estimate of drug-likeness (QED) is 0.547. The maximum Gasteiger partial charge on any atom is 0.249 e. The molecule has 4 aromatic rings. The highest BCUT2D eigenvalue weighted by Crippen LogP contribution is 2.29. The summed E-state index contributed by atoms with van der Waals surface area (Å²) in [5, 5.41) is 9.55. The molecule has 0 radical (unpaired) electrons. The number of nitrogens with zero attached hydrogens (tertiary/aromatic N) is 3. The summed E-state index contributed by atoms with van der Waals surface area (Å²) in [5.74, 6) is 1.19. The van der Waals surface area contributed by atoms with Crippen LogP contribution in [-0.4, -0.2) is 15.2 Å². The van der Waals surface area contributed by atoms with Gasteiger partial charge in [-0.1, -0.05) is 48.5 Å². The number of benzene rings is 2. The average Bonchev–Trinajstić information content (AvgIpc) is 3.11. The van der Waals surface area contributed by atoms with Gasteiger partial charge in [0.15, 0.2) is 0 Å². The third kappa shape index (κ3) is 2.56. The van der Waals surface area contributed by atoms with E-state index in [4.69, 9.17) is 4.42 Å². The van der Waals surface area contributed by atoms with Gasteiger partial charge in [-0.15, -0.1) is 10.2 Å². The van der Waals surface area contributed by atoms with Crippen molar-refractivity contribution in [2.75, 3.05) is 0 Å². The molecule has 4 heteroatoms. The lowest BCUT2D eigenvalue weighted by Gasteiger charge is -2.06. The second-order valence-corrected chi connectivity index (χ2v) is 5.89. The first kappa shape index (κ1) is 14.6. The Kier molecular flexibility index (Phi) is 3.58. The number of hydrogen-bond acceptors (Lipinski definition) is 4. The zero-order valence-electron chi connectivity index (χ0n) is 13.6. The summed E-state index contributed by atoms with van der Waals surface area (Å²) >= 11 is 0. The normalized spacial score (nSPS) is 12.4. The first-order chi connectivity index (χ1) is 11.7. The molecule has 2 heterocycles. The number of para-hydroxylation sites is 1. The fourth-order valence-electron chi connectivity index (χ4n) is 2.83. The molecule has 1 unspecified atom stereocenters. The van der Waals surface area contributed by atoms with Crippen molar-refractivity contribution in [3.8, 4) is 11.5 Å². The minimum absolute atomic E-state index is 0.0566. The standard InChI is InChI=1S/C20H17N3O/c1-13(15-8-4-3-5-9-15)19-22-23-20(24-19)17-12-16-10-6-7-11-18(16)21-14(17)2/h3-13H,1-2H3. The van der Waals surface area contributed by atoms with E-state index in [2.05, 4.69) is 40.3 Å². The molecule has 1 atom stereocenters. The zero-order chi connectivity index (χ0) is 16.5. The maximum absolute atomic E-state index is 5.95. The van der Waals surface area contributed by atoms with Crippen LogP contribution in [0.2, 0.25) is 0 Å². The van der Waals surface area contributed by atoms with Crippen molar-refractivity contribution in [2.24, 2.45) is 0 Å². The van der Waals surface area contributed by atoms with Crippen molar-refractivity contribution in [3.63, 3.8) is 0 Å². The summed E-state index contributed by atoms with van der Waals surface area (Å²) in [5.41, 5.74) is 3.89. The Morgan fingerprint density at radius 2 is 1.67 bits per heavy atom. The van der Waals surface area contributed by atoms with Crippen molar-refractivity contribution in [1.82, 2.24) is 15.2 Å². The minimum Gasteiger partial charge on any atom is -0.420 e. The molecule has 4 rings (SSSR count). The second-order valence-electron chi connectivity index (χ2n) is 5.89. The molecule has 0 spiro atoms. The molecule has 4 nitrogen and oxygen atoms in total. The molecule has 0 aliphatic carbocycles. The van der Waals surface area contributed by atoms with Gasteiger partial charge in [-0.3, -0.25) is 4.98 Å². The molecule has 0 aliphatic heterocycles. The number of hydrogen-bond donors (Lipinski definition) is 0. The molecule has 0 amide bonds. The van der Waals surface area contributed by atoms with Crippen LogP contribution in [0.5, 0.6) is 0 Å². The van der Waals surface area contributed by atoms with Gasteiger partial charge in [-0.2, -0.15) is 0 Å². The fraction of sp³-hybridized carbons (Fsp3) is 0.150. The highest BCUT2D eigenvalue weighted by Gasteiger charge is 2.18. The van der Waals surface area contributed by atoms with Gasteiger partial charge in [0.05, 0.1) is 22.7 Å².